The molecule has 0 spiro atoms. The molecule has 0 aliphatic heterocycles. The van der Waals surface area contributed by atoms with Crippen LogP contribution >= 0.6 is 0 Å². The van der Waals surface area contributed by atoms with Crippen molar-refractivity contribution in [3.63, 3.8) is 0 Å². The van der Waals surface area contributed by atoms with Crippen molar-refractivity contribution in [2.45, 2.75) is 58.8 Å². The molecule has 1 heteroatoms. The van der Waals surface area contributed by atoms with Gasteiger partial charge in [0.2, 0.25) is 0 Å². The zero-order valence-corrected chi connectivity index (χ0v) is 27.3. The van der Waals surface area contributed by atoms with E-state index in [1.54, 1.807) is 0 Å². The van der Waals surface area contributed by atoms with Crippen LogP contribution in [0, 0.1) is 6.07 Å². The van der Waals surface area contributed by atoms with Crippen molar-refractivity contribution in [1.29, 1.82) is 0 Å². The zero-order chi connectivity index (χ0) is 28.9. The summed E-state index contributed by atoms with van der Waals surface area (Å²) in [7, 11) is 0. The maximum absolute atomic E-state index is 3.88. The molecule has 0 saturated carbocycles. The van der Waals surface area contributed by atoms with E-state index < -0.39 is 0 Å². The Bertz CT molecular complexity index is 1400. The van der Waals surface area contributed by atoms with Gasteiger partial charge in [0.15, 0.2) is 0 Å². The average Bonchev–Trinajstić information content (AvgIpc) is 3.64. The fourth-order valence-electron chi connectivity index (χ4n) is 5.42. The van der Waals surface area contributed by atoms with Crippen LogP contribution in [0.4, 0.5) is 0 Å². The molecule has 0 heterocycles. The van der Waals surface area contributed by atoms with Crippen LogP contribution in [0.15, 0.2) is 109 Å². The van der Waals surface area contributed by atoms with Gasteiger partial charge in [0.25, 0.3) is 0 Å². The number of hydrogen-bond acceptors (Lipinski definition) is 0. The normalized spacial score (nSPS) is 11.9. The first-order chi connectivity index (χ1) is 19.1. The maximum Gasteiger partial charge on any atom is -0.172 e. The summed E-state index contributed by atoms with van der Waals surface area (Å²) in [5.74, 6) is 0. The minimum Gasteiger partial charge on any atom is -0.214 e. The summed E-state index contributed by atoms with van der Waals surface area (Å²) < 4.78 is 3.34. The quantitative estimate of drug-likeness (QED) is 0.174. The zero-order valence-electron chi connectivity index (χ0n) is 24.8. The molecule has 0 atom stereocenters. The van der Waals surface area contributed by atoms with E-state index in [2.05, 4.69) is 131 Å². The molecule has 0 bridgehead atoms. The van der Waals surface area contributed by atoms with Crippen LogP contribution < -0.4 is 0 Å². The van der Waals surface area contributed by atoms with E-state index in [1.807, 2.05) is 30.3 Å². The van der Waals surface area contributed by atoms with Crippen molar-refractivity contribution in [2.75, 3.05) is 0 Å². The van der Waals surface area contributed by atoms with Crippen molar-refractivity contribution in [1.82, 2.24) is 0 Å². The molecular formula is C39H40Zr. The van der Waals surface area contributed by atoms with Crippen LogP contribution in [-0.2, 0) is 41.5 Å². The molecule has 1 aliphatic carbocycles. The Kier molecular flexibility index (Phi) is 9.48. The van der Waals surface area contributed by atoms with E-state index in [4.69, 9.17) is 0 Å². The van der Waals surface area contributed by atoms with Crippen LogP contribution in [0.3, 0.4) is 0 Å². The number of hydrogen-bond donors (Lipinski definition) is 0. The summed E-state index contributed by atoms with van der Waals surface area (Å²) in [6.07, 6.45) is 0.944. The van der Waals surface area contributed by atoms with Gasteiger partial charge in [0.1, 0.15) is 0 Å². The van der Waals surface area contributed by atoms with Gasteiger partial charge in [-0.25, -0.2) is 12.1 Å². The Labute approximate surface area is 256 Å². The first kappa shape index (κ1) is 30.0. The van der Waals surface area contributed by atoms with Crippen LogP contribution in [0.1, 0.15) is 63.8 Å². The molecule has 0 radical (unpaired) electrons. The molecule has 40 heavy (non-hydrogen) atoms. The smallest absolute Gasteiger partial charge is 0.172 e. The molecule has 5 aromatic rings. The molecule has 0 saturated heterocycles. The Morgan fingerprint density at radius 1 is 0.625 bits per heavy atom. The fourth-order valence-corrected chi connectivity index (χ4v) is 5.42. The third-order valence-electron chi connectivity index (χ3n) is 7.38. The first-order valence-corrected chi connectivity index (χ1v) is 15.8. The second kappa shape index (κ2) is 12.7. The molecule has 0 nitrogen and oxygen atoms in total. The molecular weight excluding hydrogens is 560 g/mol. The van der Waals surface area contributed by atoms with E-state index in [1.165, 1.54) is 79.9 Å². The van der Waals surface area contributed by atoms with E-state index in [-0.39, 0.29) is 10.8 Å². The molecule has 0 fully saturated rings. The van der Waals surface area contributed by atoms with E-state index in [9.17, 15) is 0 Å². The SMILES string of the molecule is CC(C)(C)c1cc2c([c-]c1-c1ccccc1)Cc1cc(-c3ccccc3)c(C(C)(C)C)cc1-2.[CH2]=[Zr+2].c1cc[cH-]c1. The molecule has 200 valence electrons. The summed E-state index contributed by atoms with van der Waals surface area (Å²) in [6, 6.07) is 42.8. The topological polar surface area (TPSA) is 0 Å². The standard InChI is InChI=1S/C33H33.C5H5.CH2.Zr/c1-32(2,3)30-20-26-24(18-28(30)22-13-9-7-10-14-22)17-25-19-29(23-15-11-8-12-16-23)31(21-27(25)26)33(4,5)6;1-2-4-5-3-1;;/h7-16,18,20-21H,17H2,1-6H3;1-5H;1H2;/q2*-1;;+2. The van der Waals surface area contributed by atoms with Crippen molar-refractivity contribution in [3.8, 4) is 33.4 Å². The van der Waals surface area contributed by atoms with E-state index in [0.29, 0.717) is 0 Å². The first-order valence-electron chi connectivity index (χ1n) is 14.0. The fraction of sp³-hybridized carbons (Fsp3) is 0.231. The predicted molar refractivity (Wildman–Crippen MR) is 171 cm³/mol. The molecule has 0 amide bonds. The van der Waals surface area contributed by atoms with Gasteiger partial charge in [0, 0.05) is 0 Å². The minimum atomic E-state index is 0.0380. The van der Waals surface area contributed by atoms with Gasteiger partial charge in [-0.05, 0) is 39.5 Å². The monoisotopic (exact) mass is 598 g/mol. The molecule has 1 aliphatic rings. The van der Waals surface area contributed by atoms with E-state index in [0.717, 1.165) is 6.42 Å². The van der Waals surface area contributed by atoms with Gasteiger partial charge >= 0.3 is 28.4 Å². The minimum absolute atomic E-state index is 0.0380. The van der Waals surface area contributed by atoms with Gasteiger partial charge in [-0.15, -0.1) is 28.8 Å². The second-order valence-electron chi connectivity index (χ2n) is 12.4. The second-order valence-corrected chi connectivity index (χ2v) is 12.4. The summed E-state index contributed by atoms with van der Waals surface area (Å²) in [4.78, 5) is 0. The van der Waals surface area contributed by atoms with Crippen molar-refractivity contribution >= 4 is 4.21 Å². The van der Waals surface area contributed by atoms with Gasteiger partial charge < -0.3 is 0 Å². The Hall–Kier alpha value is -3.02. The van der Waals surface area contributed by atoms with Gasteiger partial charge in [-0.3, -0.25) is 0 Å². The van der Waals surface area contributed by atoms with E-state index >= 15 is 0 Å². The van der Waals surface area contributed by atoms with Crippen LogP contribution in [0.25, 0.3) is 33.4 Å². The third-order valence-corrected chi connectivity index (χ3v) is 7.38. The van der Waals surface area contributed by atoms with Gasteiger partial charge in [-0.2, -0.15) is 18.2 Å². The molecule has 0 unspecified atom stereocenters. The van der Waals surface area contributed by atoms with Crippen molar-refractivity contribution in [3.05, 3.63) is 138 Å². The summed E-state index contributed by atoms with van der Waals surface area (Å²) >= 11 is 1.30. The van der Waals surface area contributed by atoms with Gasteiger partial charge in [0.05, 0.1) is 0 Å². The summed E-state index contributed by atoms with van der Waals surface area (Å²) in [6.45, 7) is 13.9. The van der Waals surface area contributed by atoms with Gasteiger partial charge in [-0.1, -0.05) is 131 Å². The maximum atomic E-state index is 3.88. The molecule has 0 aromatic heterocycles. The molecule has 0 N–H and O–H groups in total. The number of rotatable bonds is 2. The third kappa shape index (κ3) is 6.64. The van der Waals surface area contributed by atoms with Crippen LogP contribution in [0.5, 0.6) is 0 Å². The summed E-state index contributed by atoms with van der Waals surface area (Å²) in [5, 5.41) is 0. The predicted octanol–water partition coefficient (Wildman–Crippen LogP) is 10.4. The Morgan fingerprint density at radius 3 is 1.65 bits per heavy atom. The average molecular weight is 600 g/mol. The Balaban J connectivity index is 0.000000469. The Morgan fingerprint density at radius 2 is 1.15 bits per heavy atom. The summed E-state index contributed by atoms with van der Waals surface area (Å²) in [5.41, 5.74) is 13.5. The molecule has 5 aromatic carbocycles. The van der Waals surface area contributed by atoms with Crippen molar-refractivity contribution in [2.24, 2.45) is 0 Å². The number of fused-ring (bicyclic) bond motifs is 3. The molecule has 6 rings (SSSR count). The van der Waals surface area contributed by atoms with Crippen molar-refractivity contribution < 1.29 is 24.2 Å². The van der Waals surface area contributed by atoms with Crippen LogP contribution in [0.2, 0.25) is 0 Å². The number of benzene rings is 4. The van der Waals surface area contributed by atoms with Crippen LogP contribution in [-0.4, -0.2) is 4.21 Å². The largest absolute Gasteiger partial charge is 0.214 e.